The van der Waals surface area contributed by atoms with Gasteiger partial charge in [0.25, 0.3) is 0 Å². The highest BCUT2D eigenvalue weighted by atomic mass is 79.9. The Morgan fingerprint density at radius 3 is 2.61 bits per heavy atom. The molecule has 0 unspecified atom stereocenters. The van der Waals surface area contributed by atoms with Crippen LogP contribution in [0.5, 0.6) is 0 Å². The van der Waals surface area contributed by atoms with Crippen LogP contribution in [0, 0.1) is 0 Å². The van der Waals surface area contributed by atoms with Crippen LogP contribution in [0.25, 0.3) is 0 Å². The molecule has 0 spiro atoms. The number of alkyl halides is 3. The molecular weight excluding hydrogens is 329 g/mol. The topological polar surface area (TPSA) is 24.1 Å². The third-order valence-corrected chi connectivity index (χ3v) is 3.02. The molecule has 0 aromatic heterocycles. The molecule has 0 radical (unpaired) electrons. The van der Waals surface area contributed by atoms with Gasteiger partial charge in [-0.15, -0.1) is 0 Å². The number of halogens is 4. The maximum atomic E-state index is 12.5. The summed E-state index contributed by atoms with van der Waals surface area (Å²) in [4.78, 5) is 0. The van der Waals surface area contributed by atoms with E-state index in [-0.39, 0.29) is 0 Å². The first-order valence-electron chi connectivity index (χ1n) is 5.26. The molecule has 0 aliphatic rings. The molecular formula is C11H12BrF3N2S. The Balaban J connectivity index is 2.85. The number of nitrogens with one attached hydrogen (secondary N) is 2. The Hall–Kier alpha value is -0.820. The Labute approximate surface area is 117 Å². The average molecular weight is 341 g/mol. The lowest BCUT2D eigenvalue weighted by molar-refractivity contribution is -0.137. The third-order valence-electron chi connectivity index (χ3n) is 2.08. The number of thiocarbonyl (C=S) groups is 1. The lowest BCUT2D eigenvalue weighted by Crippen LogP contribution is -2.29. The molecule has 0 amide bonds. The summed E-state index contributed by atoms with van der Waals surface area (Å²) in [5.41, 5.74) is -0.426. The van der Waals surface area contributed by atoms with E-state index in [1.54, 1.807) is 0 Å². The van der Waals surface area contributed by atoms with Gasteiger partial charge in [-0.05, 0) is 52.8 Å². The van der Waals surface area contributed by atoms with E-state index in [4.69, 9.17) is 12.2 Å². The average Bonchev–Trinajstić information content (AvgIpc) is 2.28. The molecule has 2 nitrogen and oxygen atoms in total. The number of hydrogen-bond donors (Lipinski definition) is 2. The minimum absolute atomic E-state index is 0.290. The molecule has 1 aromatic rings. The summed E-state index contributed by atoms with van der Waals surface area (Å²) >= 11 is 8.15. The van der Waals surface area contributed by atoms with Crippen LogP contribution < -0.4 is 10.6 Å². The Morgan fingerprint density at radius 1 is 1.39 bits per heavy atom. The first kappa shape index (κ1) is 15.2. The molecule has 0 aliphatic heterocycles. The van der Waals surface area contributed by atoms with Crippen molar-refractivity contribution in [3.63, 3.8) is 0 Å². The van der Waals surface area contributed by atoms with E-state index in [1.165, 1.54) is 6.07 Å². The SMILES string of the molecule is CCCNC(=S)Nc1cc(C(F)(F)F)ccc1Br. The molecule has 1 aromatic carbocycles. The van der Waals surface area contributed by atoms with Crippen molar-refractivity contribution < 1.29 is 13.2 Å². The zero-order valence-corrected chi connectivity index (χ0v) is 12.0. The van der Waals surface area contributed by atoms with Crippen molar-refractivity contribution in [1.82, 2.24) is 5.32 Å². The maximum Gasteiger partial charge on any atom is 0.416 e. The van der Waals surface area contributed by atoms with E-state index in [2.05, 4.69) is 26.6 Å². The summed E-state index contributed by atoms with van der Waals surface area (Å²) in [6, 6.07) is 3.37. The first-order valence-corrected chi connectivity index (χ1v) is 6.46. The molecule has 2 N–H and O–H groups in total. The molecule has 0 atom stereocenters. The maximum absolute atomic E-state index is 12.5. The normalized spacial score (nSPS) is 11.2. The van der Waals surface area contributed by atoms with Crippen LogP contribution >= 0.6 is 28.1 Å². The van der Waals surface area contributed by atoms with Gasteiger partial charge < -0.3 is 10.6 Å². The van der Waals surface area contributed by atoms with Gasteiger partial charge in [0, 0.05) is 11.0 Å². The Bertz CT molecular complexity index is 435. The van der Waals surface area contributed by atoms with Crippen molar-refractivity contribution in [2.45, 2.75) is 19.5 Å². The van der Waals surface area contributed by atoms with Crippen molar-refractivity contribution in [1.29, 1.82) is 0 Å². The van der Waals surface area contributed by atoms with Gasteiger partial charge in [-0.1, -0.05) is 6.92 Å². The van der Waals surface area contributed by atoms with Crippen molar-refractivity contribution in [2.75, 3.05) is 11.9 Å². The van der Waals surface area contributed by atoms with Crippen molar-refractivity contribution in [2.24, 2.45) is 0 Å². The predicted octanol–water partition coefficient (Wildman–Crippen LogP) is 4.16. The Morgan fingerprint density at radius 2 is 2.06 bits per heavy atom. The third kappa shape index (κ3) is 4.45. The molecule has 0 saturated carbocycles. The molecule has 18 heavy (non-hydrogen) atoms. The van der Waals surface area contributed by atoms with Crippen molar-refractivity contribution >= 4 is 38.9 Å². The van der Waals surface area contributed by atoms with Gasteiger partial charge in [0.15, 0.2) is 5.11 Å². The van der Waals surface area contributed by atoms with Crippen LogP contribution in [-0.4, -0.2) is 11.7 Å². The fourth-order valence-corrected chi connectivity index (χ4v) is 1.76. The van der Waals surface area contributed by atoms with Gasteiger partial charge in [0.2, 0.25) is 0 Å². The zero-order chi connectivity index (χ0) is 13.8. The van der Waals surface area contributed by atoms with E-state index in [9.17, 15) is 13.2 Å². The van der Waals surface area contributed by atoms with Gasteiger partial charge in [-0.25, -0.2) is 0 Å². The highest BCUT2D eigenvalue weighted by molar-refractivity contribution is 9.10. The predicted molar refractivity (Wildman–Crippen MR) is 73.7 cm³/mol. The quantitative estimate of drug-likeness (QED) is 0.807. The summed E-state index contributed by atoms with van der Waals surface area (Å²) in [5, 5.41) is 5.92. The minimum Gasteiger partial charge on any atom is -0.362 e. The van der Waals surface area contributed by atoms with Crippen LogP contribution in [0.3, 0.4) is 0 Å². The molecule has 0 fully saturated rings. The molecule has 1 rings (SSSR count). The van der Waals surface area contributed by atoms with Crippen LogP contribution in [0.2, 0.25) is 0 Å². The number of rotatable bonds is 3. The zero-order valence-electron chi connectivity index (χ0n) is 9.57. The van der Waals surface area contributed by atoms with Crippen LogP contribution in [0.4, 0.5) is 18.9 Å². The highest BCUT2D eigenvalue weighted by Gasteiger charge is 2.30. The van der Waals surface area contributed by atoms with E-state index in [1.807, 2.05) is 6.92 Å². The minimum atomic E-state index is -4.37. The summed E-state index contributed by atoms with van der Waals surface area (Å²) in [5.74, 6) is 0. The van der Waals surface area contributed by atoms with Crippen LogP contribution in [0.1, 0.15) is 18.9 Å². The van der Waals surface area contributed by atoms with E-state index in [0.717, 1.165) is 18.6 Å². The summed E-state index contributed by atoms with van der Waals surface area (Å²) < 4.78 is 38.2. The monoisotopic (exact) mass is 340 g/mol. The van der Waals surface area contributed by atoms with Gasteiger partial charge >= 0.3 is 6.18 Å². The fourth-order valence-electron chi connectivity index (χ4n) is 1.20. The second-order valence-corrected chi connectivity index (χ2v) is 4.84. The lowest BCUT2D eigenvalue weighted by atomic mass is 10.2. The van der Waals surface area contributed by atoms with Gasteiger partial charge in [0.05, 0.1) is 11.3 Å². The highest BCUT2D eigenvalue weighted by Crippen LogP contribution is 2.33. The number of benzene rings is 1. The van der Waals surface area contributed by atoms with Gasteiger partial charge in [0.1, 0.15) is 0 Å². The molecule has 0 bridgehead atoms. The second-order valence-electron chi connectivity index (χ2n) is 3.57. The summed E-state index contributed by atoms with van der Waals surface area (Å²) in [6.07, 6.45) is -3.48. The molecule has 0 saturated heterocycles. The smallest absolute Gasteiger partial charge is 0.362 e. The van der Waals surface area contributed by atoms with Crippen LogP contribution in [-0.2, 0) is 6.18 Å². The molecule has 7 heteroatoms. The van der Waals surface area contributed by atoms with Crippen molar-refractivity contribution in [3.05, 3.63) is 28.2 Å². The summed E-state index contributed by atoms with van der Waals surface area (Å²) in [7, 11) is 0. The van der Waals surface area contributed by atoms with E-state index >= 15 is 0 Å². The molecule has 0 heterocycles. The molecule has 0 aliphatic carbocycles. The molecule has 100 valence electrons. The van der Waals surface area contributed by atoms with E-state index in [0.29, 0.717) is 21.8 Å². The number of anilines is 1. The van der Waals surface area contributed by atoms with E-state index < -0.39 is 11.7 Å². The summed E-state index contributed by atoms with van der Waals surface area (Å²) in [6.45, 7) is 2.64. The van der Waals surface area contributed by atoms with Gasteiger partial charge in [-0.3, -0.25) is 0 Å². The second kappa shape index (κ2) is 6.38. The number of hydrogen-bond acceptors (Lipinski definition) is 1. The standard InChI is InChI=1S/C11H12BrF3N2S/c1-2-5-16-10(18)17-9-6-7(11(13,14)15)3-4-8(9)12/h3-4,6H,2,5H2,1H3,(H2,16,17,18). The lowest BCUT2D eigenvalue weighted by Gasteiger charge is -2.13. The first-order chi connectivity index (χ1) is 8.34. The Kier molecular flexibility index (Phi) is 5.40. The van der Waals surface area contributed by atoms with Crippen LogP contribution in [0.15, 0.2) is 22.7 Å². The fraction of sp³-hybridized carbons (Fsp3) is 0.364. The van der Waals surface area contributed by atoms with Crippen molar-refractivity contribution in [3.8, 4) is 0 Å². The van der Waals surface area contributed by atoms with Gasteiger partial charge in [-0.2, -0.15) is 13.2 Å². The largest absolute Gasteiger partial charge is 0.416 e.